The van der Waals surface area contributed by atoms with Gasteiger partial charge in [0, 0.05) is 6.54 Å². The molecule has 8 heteroatoms. The molecule has 3 rings (SSSR count). The topological polar surface area (TPSA) is 93.4 Å². The predicted octanol–water partition coefficient (Wildman–Crippen LogP) is 1.01. The van der Waals surface area contributed by atoms with Crippen molar-refractivity contribution in [1.82, 2.24) is 15.0 Å². The molecule has 2 unspecified atom stereocenters. The summed E-state index contributed by atoms with van der Waals surface area (Å²) in [6, 6.07) is -0.282. The van der Waals surface area contributed by atoms with Gasteiger partial charge >= 0.3 is 0 Å². The number of nitrogens with zero attached hydrogens (tertiary/aromatic N) is 3. The van der Waals surface area contributed by atoms with Gasteiger partial charge in [-0.05, 0) is 32.6 Å². The van der Waals surface area contributed by atoms with Crippen molar-refractivity contribution in [3.05, 3.63) is 11.7 Å². The van der Waals surface area contributed by atoms with Crippen LogP contribution in [0.3, 0.4) is 0 Å². The molecule has 0 aliphatic carbocycles. The van der Waals surface area contributed by atoms with Crippen LogP contribution in [0.1, 0.15) is 49.9 Å². The summed E-state index contributed by atoms with van der Waals surface area (Å²) in [6.45, 7) is 2.27. The second-order valence-electron chi connectivity index (χ2n) is 5.72. The number of aryl methyl sites for hydroxylation is 1. The molecule has 2 atom stereocenters. The molecular weight excluding hydrogens is 294 g/mol. The van der Waals surface area contributed by atoms with Gasteiger partial charge in [0.25, 0.3) is 0 Å². The minimum absolute atomic E-state index is 0.113. The Kier molecular flexibility index (Phi) is 3.73. The Morgan fingerprint density at radius 1 is 1.29 bits per heavy atom. The molecule has 0 radical (unpaired) electrons. The molecule has 2 fully saturated rings. The van der Waals surface area contributed by atoms with Crippen LogP contribution in [0.2, 0.25) is 0 Å². The Balaban J connectivity index is 1.83. The van der Waals surface area contributed by atoms with Crippen LogP contribution < -0.4 is 0 Å². The molecule has 116 valence electrons. The standard InChI is InChI=1S/C13H19N3O4S/c1-9-14-12(20-15-9)10-5-4-7-16(10)13(17)11-6-2-3-8-21(11,18)19/h10-11H,2-8H2,1H3. The number of rotatable bonds is 2. The highest BCUT2D eigenvalue weighted by Crippen LogP contribution is 2.33. The zero-order valence-electron chi connectivity index (χ0n) is 12.0. The van der Waals surface area contributed by atoms with Gasteiger partial charge in [-0.1, -0.05) is 11.6 Å². The minimum Gasteiger partial charge on any atom is -0.337 e. The lowest BCUT2D eigenvalue weighted by atomic mass is 10.1. The molecular formula is C13H19N3O4S. The van der Waals surface area contributed by atoms with Gasteiger partial charge in [0.05, 0.1) is 5.75 Å². The highest BCUT2D eigenvalue weighted by molar-refractivity contribution is 7.92. The molecule has 0 saturated carbocycles. The van der Waals surface area contributed by atoms with Gasteiger partial charge in [0.2, 0.25) is 11.8 Å². The third kappa shape index (κ3) is 2.68. The molecule has 2 aliphatic rings. The number of hydrogen-bond acceptors (Lipinski definition) is 6. The van der Waals surface area contributed by atoms with E-state index in [1.165, 1.54) is 0 Å². The van der Waals surface area contributed by atoms with Crippen molar-refractivity contribution in [2.75, 3.05) is 12.3 Å². The largest absolute Gasteiger partial charge is 0.337 e. The fraction of sp³-hybridized carbons (Fsp3) is 0.769. The number of hydrogen-bond donors (Lipinski definition) is 0. The Morgan fingerprint density at radius 2 is 2.10 bits per heavy atom. The molecule has 2 saturated heterocycles. The van der Waals surface area contributed by atoms with Crippen LogP contribution in [-0.2, 0) is 14.6 Å². The maximum Gasteiger partial charge on any atom is 0.249 e. The van der Waals surface area contributed by atoms with Crippen LogP contribution in [-0.4, -0.2) is 46.9 Å². The fourth-order valence-electron chi connectivity index (χ4n) is 3.15. The summed E-state index contributed by atoms with van der Waals surface area (Å²) in [5.74, 6) is 0.746. The molecule has 0 bridgehead atoms. The van der Waals surface area contributed by atoms with E-state index in [9.17, 15) is 13.2 Å². The predicted molar refractivity (Wildman–Crippen MR) is 74.1 cm³/mol. The highest BCUT2D eigenvalue weighted by atomic mass is 32.2. The zero-order chi connectivity index (χ0) is 15.0. The van der Waals surface area contributed by atoms with Crippen molar-refractivity contribution >= 4 is 15.7 Å². The fourth-order valence-corrected chi connectivity index (χ4v) is 5.01. The van der Waals surface area contributed by atoms with Crippen molar-refractivity contribution in [1.29, 1.82) is 0 Å². The van der Waals surface area contributed by atoms with Crippen molar-refractivity contribution in [3.63, 3.8) is 0 Å². The van der Waals surface area contributed by atoms with Gasteiger partial charge in [-0.15, -0.1) is 0 Å². The number of carbonyl (C=O) groups is 1. The summed E-state index contributed by atoms with van der Waals surface area (Å²) in [7, 11) is -3.32. The van der Waals surface area contributed by atoms with Gasteiger partial charge in [0.15, 0.2) is 15.7 Å². The second kappa shape index (κ2) is 5.40. The molecule has 2 aliphatic heterocycles. The first kappa shape index (κ1) is 14.5. The van der Waals surface area contributed by atoms with E-state index in [2.05, 4.69) is 10.1 Å². The van der Waals surface area contributed by atoms with E-state index in [1.807, 2.05) is 0 Å². The van der Waals surface area contributed by atoms with Crippen LogP contribution in [0.25, 0.3) is 0 Å². The molecule has 3 heterocycles. The Labute approximate surface area is 123 Å². The average molecular weight is 313 g/mol. The summed E-state index contributed by atoms with van der Waals surface area (Å²) in [6.07, 6.45) is 3.42. The number of sulfone groups is 1. The SMILES string of the molecule is Cc1noc(C2CCCN2C(=O)C2CCCCS2(=O)=O)n1. The number of carbonyl (C=O) groups excluding carboxylic acids is 1. The van der Waals surface area contributed by atoms with E-state index in [-0.39, 0.29) is 17.7 Å². The molecule has 0 aromatic carbocycles. The molecule has 21 heavy (non-hydrogen) atoms. The van der Waals surface area contributed by atoms with E-state index >= 15 is 0 Å². The van der Waals surface area contributed by atoms with Crippen LogP contribution in [0.15, 0.2) is 4.52 Å². The van der Waals surface area contributed by atoms with Gasteiger partial charge in [-0.3, -0.25) is 4.79 Å². The lowest BCUT2D eigenvalue weighted by molar-refractivity contribution is -0.132. The lowest BCUT2D eigenvalue weighted by Crippen LogP contribution is -2.45. The third-order valence-electron chi connectivity index (χ3n) is 4.22. The van der Waals surface area contributed by atoms with E-state index in [1.54, 1.807) is 11.8 Å². The first-order valence-electron chi connectivity index (χ1n) is 7.31. The maximum atomic E-state index is 12.7. The number of aromatic nitrogens is 2. The normalized spacial score (nSPS) is 28.7. The number of amides is 1. The van der Waals surface area contributed by atoms with Crippen LogP contribution in [0, 0.1) is 6.92 Å². The van der Waals surface area contributed by atoms with E-state index in [4.69, 9.17) is 4.52 Å². The van der Waals surface area contributed by atoms with Crippen molar-refractivity contribution < 1.29 is 17.7 Å². The molecule has 0 N–H and O–H groups in total. The van der Waals surface area contributed by atoms with Gasteiger partial charge in [0.1, 0.15) is 11.3 Å². The quantitative estimate of drug-likeness (QED) is 0.809. The monoisotopic (exact) mass is 313 g/mol. The summed E-state index contributed by atoms with van der Waals surface area (Å²) in [4.78, 5) is 18.5. The molecule has 1 aromatic heterocycles. The zero-order valence-corrected chi connectivity index (χ0v) is 12.8. The third-order valence-corrected chi connectivity index (χ3v) is 6.38. The Bertz CT molecular complexity index is 640. The summed E-state index contributed by atoms with van der Waals surface area (Å²) in [5.41, 5.74) is 0. The molecule has 1 aromatic rings. The van der Waals surface area contributed by atoms with Gasteiger partial charge in [-0.25, -0.2) is 8.42 Å². The lowest BCUT2D eigenvalue weighted by Gasteiger charge is -2.28. The smallest absolute Gasteiger partial charge is 0.249 e. The first-order chi connectivity index (χ1) is 9.99. The Hall–Kier alpha value is -1.44. The molecule has 7 nitrogen and oxygen atoms in total. The Morgan fingerprint density at radius 3 is 2.76 bits per heavy atom. The van der Waals surface area contributed by atoms with Crippen molar-refractivity contribution in [2.24, 2.45) is 0 Å². The van der Waals surface area contributed by atoms with Gasteiger partial charge < -0.3 is 9.42 Å². The summed E-state index contributed by atoms with van der Waals surface area (Å²) < 4.78 is 29.4. The van der Waals surface area contributed by atoms with E-state index in [0.29, 0.717) is 31.1 Å². The van der Waals surface area contributed by atoms with Crippen molar-refractivity contribution in [3.8, 4) is 0 Å². The molecule has 1 amide bonds. The second-order valence-corrected chi connectivity index (χ2v) is 8.02. The molecule has 0 spiro atoms. The van der Waals surface area contributed by atoms with Gasteiger partial charge in [-0.2, -0.15) is 4.98 Å². The first-order valence-corrected chi connectivity index (χ1v) is 9.03. The summed E-state index contributed by atoms with van der Waals surface area (Å²) in [5, 5.41) is 2.86. The minimum atomic E-state index is -3.32. The van der Waals surface area contributed by atoms with Crippen LogP contribution in [0.4, 0.5) is 0 Å². The summed E-state index contributed by atoms with van der Waals surface area (Å²) >= 11 is 0. The van der Waals surface area contributed by atoms with Crippen LogP contribution in [0.5, 0.6) is 0 Å². The van der Waals surface area contributed by atoms with E-state index in [0.717, 1.165) is 19.3 Å². The average Bonchev–Trinajstić information content (AvgIpc) is 3.05. The van der Waals surface area contributed by atoms with Crippen LogP contribution >= 0.6 is 0 Å². The van der Waals surface area contributed by atoms with Crippen molar-refractivity contribution in [2.45, 2.75) is 50.3 Å². The maximum absolute atomic E-state index is 12.7. The highest BCUT2D eigenvalue weighted by Gasteiger charge is 2.42. The van der Waals surface area contributed by atoms with E-state index < -0.39 is 15.1 Å². The number of likely N-dealkylation sites (tertiary alicyclic amines) is 1.